The maximum Gasteiger partial charge on any atom is 0.335 e. The molecule has 146 valence electrons. The van der Waals surface area contributed by atoms with Gasteiger partial charge in [-0.1, -0.05) is 13.8 Å². The zero-order chi connectivity index (χ0) is 20.3. The van der Waals surface area contributed by atoms with Gasteiger partial charge < -0.3 is 15.3 Å². The van der Waals surface area contributed by atoms with Crippen LogP contribution in [0.15, 0.2) is 18.2 Å². The molecule has 27 heavy (non-hydrogen) atoms. The summed E-state index contributed by atoms with van der Waals surface area (Å²) in [6, 6.07) is 2.23. The normalized spacial score (nSPS) is 17.6. The summed E-state index contributed by atoms with van der Waals surface area (Å²) < 4.78 is 0. The van der Waals surface area contributed by atoms with Gasteiger partial charge in [-0.3, -0.25) is 19.7 Å². The first-order chi connectivity index (χ1) is 12.6. The van der Waals surface area contributed by atoms with Crippen LogP contribution in [-0.2, 0) is 4.79 Å². The van der Waals surface area contributed by atoms with Gasteiger partial charge in [-0.25, -0.2) is 4.79 Å². The number of carbonyl (C=O) groups is 3. The molecule has 1 fully saturated rings. The van der Waals surface area contributed by atoms with Gasteiger partial charge in [-0.2, -0.15) is 0 Å². The van der Waals surface area contributed by atoms with Crippen molar-refractivity contribution in [3.63, 3.8) is 0 Å². The summed E-state index contributed by atoms with van der Waals surface area (Å²) in [5.74, 6) is -1.39. The van der Waals surface area contributed by atoms with Crippen molar-refractivity contribution in [1.82, 2.24) is 10.2 Å². The Balaban J connectivity index is 2.29. The van der Waals surface area contributed by atoms with Crippen LogP contribution in [0.1, 0.15) is 41.5 Å². The molecule has 1 aliphatic heterocycles. The number of rotatable bonds is 6. The van der Waals surface area contributed by atoms with Gasteiger partial charge in [0.15, 0.2) is 0 Å². The molecule has 2 atom stereocenters. The average molecular weight is 395 g/mol. The first-order valence-corrected chi connectivity index (χ1v) is 9.49. The Kier molecular flexibility index (Phi) is 6.42. The van der Waals surface area contributed by atoms with E-state index in [0.29, 0.717) is 5.75 Å². The maximum absolute atomic E-state index is 12.8. The molecule has 1 saturated heterocycles. The number of nitro benzene ring substituents is 1. The van der Waals surface area contributed by atoms with Crippen LogP contribution in [-0.4, -0.2) is 56.4 Å². The van der Waals surface area contributed by atoms with Crippen LogP contribution in [0.5, 0.6) is 0 Å². The largest absolute Gasteiger partial charge is 0.478 e. The van der Waals surface area contributed by atoms with E-state index in [1.54, 1.807) is 0 Å². The lowest BCUT2D eigenvalue weighted by molar-refractivity contribution is -0.384. The number of hydrogen-bond donors (Lipinski definition) is 2. The topological polar surface area (TPSA) is 130 Å². The van der Waals surface area contributed by atoms with Crippen LogP contribution in [0.25, 0.3) is 0 Å². The molecular weight excluding hydrogens is 374 g/mol. The second kappa shape index (κ2) is 8.38. The fourth-order valence-electron chi connectivity index (χ4n) is 2.48. The average Bonchev–Trinajstić information content (AvgIpc) is 3.10. The monoisotopic (exact) mass is 395 g/mol. The van der Waals surface area contributed by atoms with Crippen molar-refractivity contribution in [2.24, 2.45) is 5.92 Å². The minimum absolute atomic E-state index is 0.0727. The van der Waals surface area contributed by atoms with Gasteiger partial charge in [-0.05, 0) is 18.9 Å². The van der Waals surface area contributed by atoms with E-state index in [4.69, 9.17) is 5.11 Å². The molecule has 10 heteroatoms. The number of non-ortho nitro benzene ring substituents is 1. The molecule has 0 bridgehead atoms. The highest BCUT2D eigenvalue weighted by Crippen LogP contribution is 2.26. The first kappa shape index (κ1) is 20.7. The quantitative estimate of drug-likeness (QED) is 0.556. The third-order valence-corrected chi connectivity index (χ3v) is 5.45. The molecule has 1 aromatic rings. The number of carbonyl (C=O) groups excluding carboxylic acids is 2. The molecule has 0 aliphatic carbocycles. The number of hydrogen-bond acceptors (Lipinski definition) is 6. The van der Waals surface area contributed by atoms with Gasteiger partial charge in [0.05, 0.1) is 16.4 Å². The van der Waals surface area contributed by atoms with Crippen molar-refractivity contribution in [2.75, 3.05) is 11.6 Å². The van der Waals surface area contributed by atoms with Crippen molar-refractivity contribution < 1.29 is 24.4 Å². The Morgan fingerprint density at radius 2 is 1.89 bits per heavy atom. The summed E-state index contributed by atoms with van der Waals surface area (Å²) in [7, 11) is 0. The van der Waals surface area contributed by atoms with Crippen molar-refractivity contribution in [3.05, 3.63) is 39.4 Å². The van der Waals surface area contributed by atoms with E-state index in [-0.39, 0.29) is 34.9 Å². The fourth-order valence-corrected chi connectivity index (χ4v) is 3.63. The zero-order valence-corrected chi connectivity index (χ0v) is 16.0. The van der Waals surface area contributed by atoms with Gasteiger partial charge in [0, 0.05) is 29.5 Å². The zero-order valence-electron chi connectivity index (χ0n) is 15.2. The van der Waals surface area contributed by atoms with Crippen molar-refractivity contribution in [1.29, 1.82) is 0 Å². The Morgan fingerprint density at radius 1 is 1.26 bits per heavy atom. The lowest BCUT2D eigenvalue weighted by Gasteiger charge is -2.26. The predicted molar refractivity (Wildman–Crippen MR) is 99.8 cm³/mol. The van der Waals surface area contributed by atoms with Gasteiger partial charge in [0.1, 0.15) is 6.04 Å². The first-order valence-electron chi connectivity index (χ1n) is 8.33. The summed E-state index contributed by atoms with van der Waals surface area (Å²) in [6.45, 7) is 5.80. The van der Waals surface area contributed by atoms with Gasteiger partial charge in [-0.15, -0.1) is 11.8 Å². The number of benzene rings is 1. The molecule has 1 aliphatic rings. The molecule has 1 aromatic carbocycles. The number of thioether (sulfide) groups is 1. The maximum atomic E-state index is 12.8. The third kappa shape index (κ3) is 4.76. The van der Waals surface area contributed by atoms with Crippen molar-refractivity contribution >= 4 is 35.2 Å². The molecule has 2 N–H and O–H groups in total. The summed E-state index contributed by atoms with van der Waals surface area (Å²) >= 11 is 1.39. The number of amides is 2. The molecule has 2 rings (SSSR count). The molecule has 0 aromatic heterocycles. The van der Waals surface area contributed by atoms with E-state index in [1.165, 1.54) is 16.7 Å². The summed E-state index contributed by atoms with van der Waals surface area (Å²) in [5.41, 5.74) is -0.966. The number of nitro groups is 1. The molecule has 0 spiro atoms. The summed E-state index contributed by atoms with van der Waals surface area (Å²) in [6.07, 6.45) is 0. The van der Waals surface area contributed by atoms with Crippen molar-refractivity contribution in [2.45, 2.75) is 32.9 Å². The molecule has 0 saturated carbocycles. The van der Waals surface area contributed by atoms with Gasteiger partial charge >= 0.3 is 5.97 Å². The van der Waals surface area contributed by atoms with Crippen molar-refractivity contribution in [3.8, 4) is 0 Å². The molecule has 9 nitrogen and oxygen atoms in total. The molecular formula is C17H21N3O6S. The van der Waals surface area contributed by atoms with Crippen LogP contribution < -0.4 is 5.32 Å². The lowest BCUT2D eigenvalue weighted by Crippen LogP contribution is -2.50. The smallest absolute Gasteiger partial charge is 0.335 e. The van der Waals surface area contributed by atoms with E-state index in [1.807, 2.05) is 20.8 Å². The lowest BCUT2D eigenvalue weighted by atomic mass is 10.1. The third-order valence-electron chi connectivity index (χ3n) is 4.44. The number of aromatic carboxylic acids is 1. The van der Waals surface area contributed by atoms with Gasteiger partial charge in [0.2, 0.25) is 5.91 Å². The van der Waals surface area contributed by atoms with Crippen LogP contribution in [0, 0.1) is 16.0 Å². The van der Waals surface area contributed by atoms with Crippen LogP contribution in [0.3, 0.4) is 0 Å². The number of carboxylic acid groups (broad SMARTS) is 1. The Bertz CT molecular complexity index is 750. The van der Waals surface area contributed by atoms with Gasteiger partial charge in [0.25, 0.3) is 11.6 Å². The van der Waals surface area contributed by atoms with Crippen LogP contribution in [0.2, 0.25) is 0 Å². The van der Waals surface area contributed by atoms with E-state index in [0.717, 1.165) is 18.2 Å². The SMILES string of the molecule is CC(C)C(C)NC(=O)C1CSCN1C(=O)c1cc(C(=O)O)cc([N+](=O)[O-])c1. The standard InChI is InChI=1S/C17H21N3O6S/c1-9(2)10(3)18-15(21)14-7-27-8-19(14)16(22)11-4-12(17(23)24)6-13(5-11)20(25)26/h4-6,9-10,14H,7-8H2,1-3H3,(H,18,21)(H,23,24). The summed E-state index contributed by atoms with van der Waals surface area (Å²) in [5, 5.41) is 23.1. The highest BCUT2D eigenvalue weighted by Gasteiger charge is 2.36. The number of carboxylic acids is 1. The Labute approximate surface area is 160 Å². The van der Waals surface area contributed by atoms with E-state index >= 15 is 0 Å². The van der Waals surface area contributed by atoms with E-state index < -0.39 is 28.5 Å². The summed E-state index contributed by atoms with van der Waals surface area (Å²) in [4.78, 5) is 48.2. The fraction of sp³-hybridized carbons (Fsp3) is 0.471. The number of nitrogens with one attached hydrogen (secondary N) is 1. The van der Waals surface area contributed by atoms with Crippen LogP contribution >= 0.6 is 11.8 Å². The molecule has 0 radical (unpaired) electrons. The molecule has 2 unspecified atom stereocenters. The Morgan fingerprint density at radius 3 is 2.44 bits per heavy atom. The van der Waals surface area contributed by atoms with E-state index in [2.05, 4.69) is 5.32 Å². The minimum Gasteiger partial charge on any atom is -0.478 e. The number of nitrogens with zero attached hydrogens (tertiary/aromatic N) is 2. The molecule has 1 heterocycles. The highest BCUT2D eigenvalue weighted by molar-refractivity contribution is 7.99. The second-order valence-corrected chi connectivity index (χ2v) is 7.66. The van der Waals surface area contributed by atoms with Crippen LogP contribution in [0.4, 0.5) is 5.69 Å². The minimum atomic E-state index is -1.37. The predicted octanol–water partition coefficient (Wildman–Crippen LogP) is 1.97. The molecule has 2 amide bonds. The highest BCUT2D eigenvalue weighted by atomic mass is 32.2. The Hall–Kier alpha value is -2.62. The second-order valence-electron chi connectivity index (χ2n) is 6.66. The van der Waals surface area contributed by atoms with E-state index in [9.17, 15) is 24.5 Å².